The van der Waals surface area contributed by atoms with Crippen LogP contribution in [0, 0.1) is 18.3 Å². The number of terminal acetylenes is 1. The zero-order valence-corrected chi connectivity index (χ0v) is 7.87. The highest BCUT2D eigenvalue weighted by Gasteiger charge is 2.26. The van der Waals surface area contributed by atoms with Gasteiger partial charge in [-0.3, -0.25) is 0 Å². The molecule has 0 amide bonds. The Hall–Kier alpha value is -0.520. The van der Waals surface area contributed by atoms with Gasteiger partial charge < -0.3 is 9.47 Å². The highest BCUT2D eigenvalue weighted by Crippen LogP contribution is 2.26. The highest BCUT2D eigenvalue weighted by atomic mass is 16.6. The number of hydrogen-bond donors (Lipinski definition) is 0. The molecule has 0 bridgehead atoms. The van der Waals surface area contributed by atoms with E-state index in [9.17, 15) is 0 Å². The largest absolute Gasteiger partial charge is 0.375 e. The molecule has 2 nitrogen and oxygen atoms in total. The van der Waals surface area contributed by atoms with Crippen LogP contribution in [0.3, 0.4) is 0 Å². The molecule has 1 aliphatic heterocycles. The SMILES string of the molecule is C#CC1CCC(OCC2CO2)CC1. The summed E-state index contributed by atoms with van der Waals surface area (Å²) in [5.41, 5.74) is 0. The first-order valence-corrected chi connectivity index (χ1v) is 5.08. The normalized spacial score (nSPS) is 38.2. The fourth-order valence-corrected chi connectivity index (χ4v) is 1.80. The Bertz CT molecular complexity index is 195. The molecule has 1 aliphatic carbocycles. The van der Waals surface area contributed by atoms with Crippen LogP contribution in [0.5, 0.6) is 0 Å². The number of epoxide rings is 1. The Morgan fingerprint density at radius 2 is 2.00 bits per heavy atom. The molecular weight excluding hydrogens is 164 g/mol. The van der Waals surface area contributed by atoms with Gasteiger partial charge in [0.1, 0.15) is 6.10 Å². The summed E-state index contributed by atoms with van der Waals surface area (Å²) in [4.78, 5) is 0. The molecule has 13 heavy (non-hydrogen) atoms. The molecule has 2 aliphatic rings. The van der Waals surface area contributed by atoms with Crippen molar-refractivity contribution in [2.75, 3.05) is 13.2 Å². The summed E-state index contributed by atoms with van der Waals surface area (Å²) < 4.78 is 10.8. The van der Waals surface area contributed by atoms with E-state index in [1.807, 2.05) is 0 Å². The third kappa shape index (κ3) is 2.72. The van der Waals surface area contributed by atoms with Gasteiger partial charge in [-0.05, 0) is 25.7 Å². The van der Waals surface area contributed by atoms with E-state index in [4.69, 9.17) is 15.9 Å². The predicted molar refractivity (Wildman–Crippen MR) is 50.3 cm³/mol. The second-order valence-electron chi connectivity index (χ2n) is 3.93. The maximum Gasteiger partial charge on any atom is 0.104 e. The molecule has 0 radical (unpaired) electrons. The minimum Gasteiger partial charge on any atom is -0.375 e. The van der Waals surface area contributed by atoms with E-state index >= 15 is 0 Å². The summed E-state index contributed by atoms with van der Waals surface area (Å²) in [6.07, 6.45) is 10.7. The quantitative estimate of drug-likeness (QED) is 0.486. The molecule has 1 atom stereocenters. The van der Waals surface area contributed by atoms with Crippen molar-refractivity contribution in [2.24, 2.45) is 5.92 Å². The summed E-state index contributed by atoms with van der Waals surface area (Å²) in [6, 6.07) is 0. The molecule has 1 heterocycles. The monoisotopic (exact) mass is 180 g/mol. The standard InChI is InChI=1S/C11H16O2/c1-2-9-3-5-10(6-4-9)12-7-11-8-13-11/h1,9-11H,3-8H2. The van der Waals surface area contributed by atoms with Crippen LogP contribution in [-0.2, 0) is 9.47 Å². The molecule has 0 aromatic heterocycles. The Kier molecular flexibility index (Phi) is 2.87. The van der Waals surface area contributed by atoms with Crippen LogP contribution < -0.4 is 0 Å². The van der Waals surface area contributed by atoms with Crippen molar-refractivity contribution in [3.63, 3.8) is 0 Å². The van der Waals surface area contributed by atoms with E-state index in [1.54, 1.807) is 0 Å². The van der Waals surface area contributed by atoms with Gasteiger partial charge in [-0.25, -0.2) is 0 Å². The number of hydrogen-bond acceptors (Lipinski definition) is 2. The molecular formula is C11H16O2. The molecule has 0 spiro atoms. The van der Waals surface area contributed by atoms with Gasteiger partial charge in [0, 0.05) is 5.92 Å². The topological polar surface area (TPSA) is 21.8 Å². The summed E-state index contributed by atoms with van der Waals surface area (Å²) in [6.45, 7) is 1.67. The summed E-state index contributed by atoms with van der Waals surface area (Å²) in [5, 5.41) is 0. The van der Waals surface area contributed by atoms with Crippen molar-refractivity contribution in [3.05, 3.63) is 0 Å². The van der Waals surface area contributed by atoms with E-state index in [-0.39, 0.29) is 0 Å². The smallest absolute Gasteiger partial charge is 0.104 e. The van der Waals surface area contributed by atoms with Crippen molar-refractivity contribution < 1.29 is 9.47 Å². The molecule has 0 aromatic rings. The summed E-state index contributed by atoms with van der Waals surface area (Å²) >= 11 is 0. The molecule has 2 rings (SSSR count). The second-order valence-corrected chi connectivity index (χ2v) is 3.93. The Morgan fingerprint density at radius 1 is 1.31 bits per heavy atom. The lowest BCUT2D eigenvalue weighted by atomic mass is 9.88. The Labute approximate surface area is 79.6 Å². The predicted octanol–water partition coefficient (Wildman–Crippen LogP) is 1.59. The van der Waals surface area contributed by atoms with E-state index in [2.05, 4.69) is 5.92 Å². The molecule has 0 aromatic carbocycles. The van der Waals surface area contributed by atoms with Gasteiger partial charge in [0.25, 0.3) is 0 Å². The van der Waals surface area contributed by atoms with Crippen LogP contribution in [-0.4, -0.2) is 25.4 Å². The molecule has 1 saturated carbocycles. The summed E-state index contributed by atoms with van der Waals surface area (Å²) in [7, 11) is 0. The van der Waals surface area contributed by atoms with Gasteiger partial charge in [0.05, 0.1) is 19.3 Å². The molecule has 1 saturated heterocycles. The van der Waals surface area contributed by atoms with Crippen LogP contribution in [0.25, 0.3) is 0 Å². The van der Waals surface area contributed by atoms with Gasteiger partial charge in [0.15, 0.2) is 0 Å². The van der Waals surface area contributed by atoms with Gasteiger partial charge in [-0.2, -0.15) is 0 Å². The summed E-state index contributed by atoms with van der Waals surface area (Å²) in [5.74, 6) is 3.32. The van der Waals surface area contributed by atoms with Gasteiger partial charge in [-0.15, -0.1) is 12.3 Å². The first-order valence-electron chi connectivity index (χ1n) is 5.08. The van der Waals surface area contributed by atoms with E-state index in [1.165, 1.54) is 0 Å². The zero-order chi connectivity index (χ0) is 9.10. The third-order valence-corrected chi connectivity index (χ3v) is 2.83. The van der Waals surface area contributed by atoms with E-state index in [0.717, 1.165) is 38.9 Å². The van der Waals surface area contributed by atoms with E-state index < -0.39 is 0 Å². The zero-order valence-electron chi connectivity index (χ0n) is 7.87. The lowest BCUT2D eigenvalue weighted by Crippen LogP contribution is -2.22. The van der Waals surface area contributed by atoms with Gasteiger partial charge >= 0.3 is 0 Å². The average Bonchev–Trinajstić information content (AvgIpc) is 2.99. The van der Waals surface area contributed by atoms with E-state index in [0.29, 0.717) is 18.1 Å². The third-order valence-electron chi connectivity index (χ3n) is 2.83. The van der Waals surface area contributed by atoms with Crippen molar-refractivity contribution in [1.82, 2.24) is 0 Å². The molecule has 1 unspecified atom stereocenters. The molecule has 2 fully saturated rings. The molecule has 2 heteroatoms. The first kappa shape index (κ1) is 9.05. The lowest BCUT2D eigenvalue weighted by Gasteiger charge is -2.25. The van der Waals surface area contributed by atoms with Crippen molar-refractivity contribution in [3.8, 4) is 12.3 Å². The average molecular weight is 180 g/mol. The minimum atomic E-state index is 0.394. The van der Waals surface area contributed by atoms with Crippen LogP contribution in [0.4, 0.5) is 0 Å². The molecule has 0 N–H and O–H groups in total. The maximum absolute atomic E-state index is 5.71. The van der Waals surface area contributed by atoms with Crippen LogP contribution in [0.2, 0.25) is 0 Å². The minimum absolute atomic E-state index is 0.394. The van der Waals surface area contributed by atoms with Crippen molar-refractivity contribution in [1.29, 1.82) is 0 Å². The van der Waals surface area contributed by atoms with Gasteiger partial charge in [0.2, 0.25) is 0 Å². The number of ether oxygens (including phenoxy) is 2. The fourth-order valence-electron chi connectivity index (χ4n) is 1.80. The molecule has 72 valence electrons. The first-order chi connectivity index (χ1) is 6.38. The van der Waals surface area contributed by atoms with Crippen LogP contribution in [0.1, 0.15) is 25.7 Å². The number of rotatable bonds is 3. The fraction of sp³-hybridized carbons (Fsp3) is 0.818. The highest BCUT2D eigenvalue weighted by molar-refractivity contribution is 4.95. The van der Waals surface area contributed by atoms with Crippen LogP contribution in [0.15, 0.2) is 0 Å². The van der Waals surface area contributed by atoms with Crippen molar-refractivity contribution >= 4 is 0 Å². The Balaban J connectivity index is 1.63. The second kappa shape index (κ2) is 4.13. The van der Waals surface area contributed by atoms with Crippen molar-refractivity contribution in [2.45, 2.75) is 37.9 Å². The lowest BCUT2D eigenvalue weighted by molar-refractivity contribution is 0.0149. The maximum atomic E-state index is 5.71. The van der Waals surface area contributed by atoms with Crippen LogP contribution >= 0.6 is 0 Å². The Morgan fingerprint density at radius 3 is 2.54 bits per heavy atom. The van der Waals surface area contributed by atoms with Gasteiger partial charge in [-0.1, -0.05) is 0 Å².